The molecular formula is C12H7BrClN3O2S. The van der Waals surface area contributed by atoms with E-state index in [1.807, 2.05) is 0 Å². The second-order valence-corrected chi connectivity index (χ2v) is 6.67. The molecule has 0 aliphatic heterocycles. The molecule has 5 nitrogen and oxygen atoms in total. The number of sulfonamides is 1. The summed E-state index contributed by atoms with van der Waals surface area (Å²) in [7, 11) is -3.94. The summed E-state index contributed by atoms with van der Waals surface area (Å²) in [5.41, 5.74) is 0.0416. The van der Waals surface area contributed by atoms with E-state index in [4.69, 9.17) is 16.9 Å². The van der Waals surface area contributed by atoms with Crippen LogP contribution in [0.15, 0.2) is 45.9 Å². The van der Waals surface area contributed by atoms with Crippen molar-refractivity contribution < 1.29 is 8.42 Å². The fraction of sp³-hybridized carbons (Fsp3) is 0. The highest BCUT2D eigenvalue weighted by atomic mass is 79.9. The van der Waals surface area contributed by atoms with Gasteiger partial charge >= 0.3 is 0 Å². The van der Waals surface area contributed by atoms with Gasteiger partial charge in [-0.3, -0.25) is 4.72 Å². The maximum atomic E-state index is 12.3. The third-order valence-corrected chi connectivity index (χ3v) is 4.56. The molecule has 8 heteroatoms. The van der Waals surface area contributed by atoms with Gasteiger partial charge in [-0.15, -0.1) is 0 Å². The highest BCUT2D eigenvalue weighted by Crippen LogP contribution is 2.28. The van der Waals surface area contributed by atoms with Crippen LogP contribution in [0.5, 0.6) is 0 Å². The van der Waals surface area contributed by atoms with E-state index in [-0.39, 0.29) is 21.3 Å². The van der Waals surface area contributed by atoms with Crippen LogP contribution in [-0.2, 0) is 10.0 Å². The van der Waals surface area contributed by atoms with E-state index in [9.17, 15) is 8.42 Å². The standard InChI is InChI=1S/C12H7BrClN3O2S/c13-8-3-4-9(14)10(6-8)17-20(18,19)12-2-1-5-16-11(12)7-15/h1-6,17H. The number of anilines is 1. The smallest absolute Gasteiger partial charge is 0.264 e. The molecule has 1 aromatic heterocycles. The van der Waals surface area contributed by atoms with Gasteiger partial charge in [-0.1, -0.05) is 27.5 Å². The number of nitrogens with zero attached hydrogens (tertiary/aromatic N) is 2. The first-order chi connectivity index (χ1) is 9.44. The Hall–Kier alpha value is -1.62. The van der Waals surface area contributed by atoms with Crippen molar-refractivity contribution in [3.05, 3.63) is 51.7 Å². The summed E-state index contributed by atoms with van der Waals surface area (Å²) in [6.45, 7) is 0. The topological polar surface area (TPSA) is 82.8 Å². The summed E-state index contributed by atoms with van der Waals surface area (Å²) < 4.78 is 27.5. The molecule has 0 saturated heterocycles. The molecule has 0 bridgehead atoms. The fourth-order valence-corrected chi connectivity index (χ4v) is 3.23. The second kappa shape index (κ2) is 5.79. The van der Waals surface area contributed by atoms with Crippen LogP contribution >= 0.6 is 27.5 Å². The predicted molar refractivity (Wildman–Crippen MR) is 78.9 cm³/mol. The number of pyridine rings is 1. The van der Waals surface area contributed by atoms with Crippen molar-refractivity contribution in [2.75, 3.05) is 4.72 Å². The van der Waals surface area contributed by atoms with Crippen molar-refractivity contribution in [1.29, 1.82) is 5.26 Å². The number of aromatic nitrogens is 1. The lowest BCUT2D eigenvalue weighted by Gasteiger charge is -2.10. The third kappa shape index (κ3) is 3.10. The molecule has 0 fully saturated rings. The number of nitrogens with one attached hydrogen (secondary N) is 1. The molecule has 0 saturated carbocycles. The minimum Gasteiger partial charge on any atom is -0.278 e. The molecule has 1 N–H and O–H groups in total. The summed E-state index contributed by atoms with van der Waals surface area (Å²) in [6, 6.07) is 9.26. The molecular weight excluding hydrogens is 366 g/mol. The van der Waals surface area contributed by atoms with Gasteiger partial charge in [0, 0.05) is 10.7 Å². The summed E-state index contributed by atoms with van der Waals surface area (Å²) in [4.78, 5) is 3.53. The predicted octanol–water partition coefficient (Wildman–Crippen LogP) is 3.17. The second-order valence-electron chi connectivity index (χ2n) is 3.69. The quantitative estimate of drug-likeness (QED) is 0.897. The number of nitriles is 1. The van der Waals surface area contributed by atoms with Crippen molar-refractivity contribution in [1.82, 2.24) is 4.98 Å². The van der Waals surface area contributed by atoms with Gasteiger partial charge in [-0.25, -0.2) is 13.4 Å². The molecule has 0 aliphatic carbocycles. The molecule has 1 aromatic carbocycles. The Labute approximate surface area is 129 Å². The summed E-state index contributed by atoms with van der Waals surface area (Å²) in [5, 5.41) is 9.16. The van der Waals surface area contributed by atoms with Crippen molar-refractivity contribution >= 4 is 43.2 Å². The molecule has 20 heavy (non-hydrogen) atoms. The van der Waals surface area contributed by atoms with Crippen LogP contribution in [0, 0.1) is 11.3 Å². The maximum absolute atomic E-state index is 12.3. The molecule has 0 radical (unpaired) electrons. The lowest BCUT2D eigenvalue weighted by molar-refractivity contribution is 0.600. The summed E-state index contributed by atoms with van der Waals surface area (Å²) >= 11 is 9.17. The van der Waals surface area contributed by atoms with E-state index in [0.717, 1.165) is 0 Å². The summed E-state index contributed by atoms with van der Waals surface area (Å²) in [6.07, 6.45) is 1.35. The minimum absolute atomic E-state index is 0.175. The zero-order valence-corrected chi connectivity index (χ0v) is 13.0. The van der Waals surface area contributed by atoms with Gasteiger partial charge in [0.2, 0.25) is 0 Å². The lowest BCUT2D eigenvalue weighted by Crippen LogP contribution is -2.15. The normalized spacial score (nSPS) is 10.8. The van der Waals surface area contributed by atoms with Crippen LogP contribution in [0.1, 0.15) is 5.69 Å². The molecule has 0 spiro atoms. The number of benzene rings is 1. The van der Waals surface area contributed by atoms with Crippen molar-refractivity contribution in [3.8, 4) is 6.07 Å². The molecule has 0 atom stereocenters. The molecule has 2 aromatic rings. The number of hydrogen-bond acceptors (Lipinski definition) is 4. The zero-order chi connectivity index (χ0) is 14.8. The maximum Gasteiger partial charge on any atom is 0.264 e. The zero-order valence-electron chi connectivity index (χ0n) is 9.84. The fourth-order valence-electron chi connectivity index (χ4n) is 1.47. The molecule has 1 heterocycles. The van der Waals surface area contributed by atoms with Gasteiger partial charge < -0.3 is 0 Å². The van der Waals surface area contributed by atoms with Crippen LogP contribution in [0.2, 0.25) is 5.02 Å². The third-order valence-electron chi connectivity index (χ3n) is 2.34. The highest BCUT2D eigenvalue weighted by molar-refractivity contribution is 9.10. The van der Waals surface area contributed by atoms with Crippen molar-refractivity contribution in [2.45, 2.75) is 4.90 Å². The Morgan fingerprint density at radius 1 is 1.35 bits per heavy atom. The van der Waals surface area contributed by atoms with Crippen LogP contribution in [0.3, 0.4) is 0 Å². The SMILES string of the molecule is N#Cc1ncccc1S(=O)(=O)Nc1cc(Br)ccc1Cl. The molecule has 0 amide bonds. The van der Waals surface area contributed by atoms with Crippen LogP contribution < -0.4 is 4.72 Å². The van der Waals surface area contributed by atoms with Crippen LogP contribution in [-0.4, -0.2) is 13.4 Å². The Bertz CT molecular complexity index is 803. The minimum atomic E-state index is -3.94. The van der Waals surface area contributed by atoms with Crippen molar-refractivity contribution in [2.24, 2.45) is 0 Å². The van der Waals surface area contributed by atoms with Gasteiger partial charge in [0.25, 0.3) is 10.0 Å². The number of halogens is 2. The van der Waals surface area contributed by atoms with E-state index in [0.29, 0.717) is 4.47 Å². The summed E-state index contributed by atoms with van der Waals surface area (Å²) in [5.74, 6) is 0. The molecule has 0 aliphatic rings. The van der Waals surface area contributed by atoms with E-state index in [1.54, 1.807) is 18.2 Å². The molecule has 102 valence electrons. The van der Waals surface area contributed by atoms with Gasteiger partial charge in [0.15, 0.2) is 5.69 Å². The lowest BCUT2D eigenvalue weighted by atomic mass is 10.3. The van der Waals surface area contributed by atoms with E-state index in [1.165, 1.54) is 24.4 Å². The largest absolute Gasteiger partial charge is 0.278 e. The molecule has 2 rings (SSSR count). The first kappa shape index (κ1) is 14.8. The van der Waals surface area contributed by atoms with E-state index < -0.39 is 10.0 Å². The van der Waals surface area contributed by atoms with Crippen LogP contribution in [0.4, 0.5) is 5.69 Å². The first-order valence-electron chi connectivity index (χ1n) is 5.27. The number of rotatable bonds is 3. The highest BCUT2D eigenvalue weighted by Gasteiger charge is 2.20. The average Bonchev–Trinajstić information content (AvgIpc) is 2.42. The van der Waals surface area contributed by atoms with E-state index >= 15 is 0 Å². The van der Waals surface area contributed by atoms with Gasteiger partial charge in [0.1, 0.15) is 11.0 Å². The Kier molecular flexibility index (Phi) is 4.28. The molecule has 0 unspecified atom stereocenters. The monoisotopic (exact) mass is 371 g/mol. The van der Waals surface area contributed by atoms with Crippen molar-refractivity contribution in [3.63, 3.8) is 0 Å². The number of hydrogen-bond donors (Lipinski definition) is 1. The van der Waals surface area contributed by atoms with Gasteiger partial charge in [-0.2, -0.15) is 5.26 Å². The Balaban J connectivity index is 2.47. The van der Waals surface area contributed by atoms with Gasteiger partial charge in [-0.05, 0) is 30.3 Å². The van der Waals surface area contributed by atoms with Crippen LogP contribution in [0.25, 0.3) is 0 Å². The van der Waals surface area contributed by atoms with E-state index in [2.05, 4.69) is 25.6 Å². The van der Waals surface area contributed by atoms with Gasteiger partial charge in [0.05, 0.1) is 10.7 Å². The first-order valence-corrected chi connectivity index (χ1v) is 7.92. The Morgan fingerprint density at radius 2 is 2.10 bits per heavy atom. The average molecular weight is 373 g/mol. The Morgan fingerprint density at radius 3 is 2.80 bits per heavy atom.